The molecule has 1 aromatic carbocycles. The van der Waals surface area contributed by atoms with Gasteiger partial charge in [-0.3, -0.25) is 4.79 Å². The summed E-state index contributed by atoms with van der Waals surface area (Å²) < 4.78 is 7.52. The highest BCUT2D eigenvalue weighted by molar-refractivity contribution is 6.86. The SMILES string of the molecule is COc1ccc2c(c1)N([Si](C)(C)C(C)(C)C)C(=O)CCC2. The molecule has 0 aromatic heterocycles. The minimum Gasteiger partial charge on any atom is -0.497 e. The topological polar surface area (TPSA) is 29.5 Å². The van der Waals surface area contributed by atoms with E-state index < -0.39 is 8.24 Å². The molecule has 0 spiro atoms. The normalized spacial score (nSPS) is 16.5. The van der Waals surface area contributed by atoms with Crippen LogP contribution in [0.2, 0.25) is 18.1 Å². The second kappa shape index (κ2) is 5.48. The Morgan fingerprint density at radius 3 is 2.43 bits per heavy atom. The Morgan fingerprint density at radius 1 is 1.19 bits per heavy atom. The first kappa shape index (κ1) is 16.1. The van der Waals surface area contributed by atoms with Gasteiger partial charge in [0.2, 0.25) is 5.91 Å². The molecule has 1 amide bonds. The molecule has 1 aromatic rings. The third-order valence-electron chi connectivity index (χ3n) is 5.01. The van der Waals surface area contributed by atoms with Crippen LogP contribution in [-0.4, -0.2) is 21.3 Å². The Morgan fingerprint density at radius 2 is 1.86 bits per heavy atom. The van der Waals surface area contributed by atoms with Gasteiger partial charge in [0, 0.05) is 18.2 Å². The monoisotopic (exact) mass is 305 g/mol. The number of aryl methyl sites for hydroxylation is 1. The molecule has 0 bridgehead atoms. The quantitative estimate of drug-likeness (QED) is 0.759. The summed E-state index contributed by atoms with van der Waals surface area (Å²) in [6, 6.07) is 6.16. The van der Waals surface area contributed by atoms with E-state index in [4.69, 9.17) is 4.74 Å². The minimum absolute atomic E-state index is 0.118. The van der Waals surface area contributed by atoms with Crippen LogP contribution in [0.3, 0.4) is 0 Å². The van der Waals surface area contributed by atoms with E-state index in [0.29, 0.717) is 6.42 Å². The number of hydrogen-bond donors (Lipinski definition) is 0. The van der Waals surface area contributed by atoms with E-state index in [1.54, 1.807) is 7.11 Å². The summed E-state index contributed by atoms with van der Waals surface area (Å²) in [4.78, 5) is 12.8. The van der Waals surface area contributed by atoms with Crippen molar-refractivity contribution in [1.82, 2.24) is 0 Å². The van der Waals surface area contributed by atoms with Crippen molar-refractivity contribution in [3.63, 3.8) is 0 Å². The fraction of sp³-hybridized carbons (Fsp3) is 0.588. The summed E-state index contributed by atoms with van der Waals surface area (Å²) >= 11 is 0. The lowest BCUT2D eigenvalue weighted by Crippen LogP contribution is -2.58. The van der Waals surface area contributed by atoms with Crippen LogP contribution in [-0.2, 0) is 11.2 Å². The lowest BCUT2D eigenvalue weighted by Gasteiger charge is -2.46. The van der Waals surface area contributed by atoms with Crippen LogP contribution in [0, 0.1) is 0 Å². The molecule has 1 aliphatic heterocycles. The minimum atomic E-state index is -1.96. The molecule has 2 rings (SSSR count). The number of ether oxygens (including phenoxy) is 1. The molecule has 3 nitrogen and oxygen atoms in total. The zero-order valence-corrected chi connectivity index (χ0v) is 15.1. The summed E-state index contributed by atoms with van der Waals surface area (Å²) in [5.41, 5.74) is 2.34. The molecule has 0 N–H and O–H groups in total. The second-order valence-corrected chi connectivity index (χ2v) is 12.5. The largest absolute Gasteiger partial charge is 0.497 e. The molecule has 0 unspecified atom stereocenters. The van der Waals surface area contributed by atoms with E-state index in [0.717, 1.165) is 24.3 Å². The number of fused-ring (bicyclic) bond motifs is 1. The highest BCUT2D eigenvalue weighted by atomic mass is 28.3. The van der Waals surface area contributed by atoms with E-state index in [1.807, 2.05) is 12.1 Å². The van der Waals surface area contributed by atoms with Crippen LogP contribution in [0.4, 0.5) is 5.69 Å². The lowest BCUT2D eigenvalue weighted by atomic mass is 10.1. The summed E-state index contributed by atoms with van der Waals surface area (Å²) in [5, 5.41) is 0.118. The fourth-order valence-corrected chi connectivity index (χ4v) is 4.93. The number of hydrogen-bond acceptors (Lipinski definition) is 2. The van der Waals surface area contributed by atoms with Crippen LogP contribution in [0.5, 0.6) is 5.75 Å². The van der Waals surface area contributed by atoms with Crippen molar-refractivity contribution >= 4 is 19.8 Å². The zero-order chi connectivity index (χ0) is 15.8. The van der Waals surface area contributed by atoms with Gasteiger partial charge in [-0.15, -0.1) is 0 Å². The Bertz CT molecular complexity index is 546. The smallest absolute Gasteiger partial charge is 0.219 e. The van der Waals surface area contributed by atoms with Crippen LogP contribution in [0.25, 0.3) is 0 Å². The number of benzene rings is 1. The highest BCUT2D eigenvalue weighted by Gasteiger charge is 2.45. The van der Waals surface area contributed by atoms with Crippen molar-refractivity contribution in [1.29, 1.82) is 0 Å². The van der Waals surface area contributed by atoms with Crippen LogP contribution >= 0.6 is 0 Å². The van der Waals surface area contributed by atoms with Crippen molar-refractivity contribution < 1.29 is 9.53 Å². The van der Waals surface area contributed by atoms with Crippen molar-refractivity contribution in [2.75, 3.05) is 11.7 Å². The molecule has 0 atom stereocenters. The molecule has 4 heteroatoms. The molecule has 0 fully saturated rings. The summed E-state index contributed by atoms with van der Waals surface area (Å²) in [5.74, 6) is 1.10. The Hall–Kier alpha value is -1.29. The van der Waals surface area contributed by atoms with Crippen LogP contribution < -0.4 is 9.30 Å². The van der Waals surface area contributed by atoms with Crippen LogP contribution in [0.1, 0.15) is 39.2 Å². The molecule has 0 aliphatic carbocycles. The molecule has 0 saturated carbocycles. The summed E-state index contributed by atoms with van der Waals surface area (Å²) in [6.45, 7) is 11.3. The van der Waals surface area contributed by atoms with Crippen molar-refractivity contribution in [3.8, 4) is 5.75 Å². The molecule has 0 saturated heterocycles. The zero-order valence-electron chi connectivity index (χ0n) is 14.1. The van der Waals surface area contributed by atoms with Gasteiger partial charge in [0.1, 0.15) is 5.75 Å². The predicted molar refractivity (Wildman–Crippen MR) is 90.6 cm³/mol. The summed E-state index contributed by atoms with van der Waals surface area (Å²) in [7, 11) is -0.281. The van der Waals surface area contributed by atoms with Crippen molar-refractivity contribution in [3.05, 3.63) is 23.8 Å². The maximum absolute atomic E-state index is 12.8. The second-order valence-electron chi connectivity index (χ2n) is 7.39. The lowest BCUT2D eigenvalue weighted by molar-refractivity contribution is -0.117. The highest BCUT2D eigenvalue weighted by Crippen LogP contribution is 2.43. The van der Waals surface area contributed by atoms with Gasteiger partial charge in [0.05, 0.1) is 7.11 Å². The number of amides is 1. The van der Waals surface area contributed by atoms with Gasteiger partial charge in [-0.25, -0.2) is 0 Å². The number of anilines is 1. The number of rotatable bonds is 2. The molecule has 1 heterocycles. The maximum atomic E-state index is 12.8. The Kier molecular flexibility index (Phi) is 4.20. The Labute approximate surface area is 129 Å². The van der Waals surface area contributed by atoms with Gasteiger partial charge in [-0.2, -0.15) is 0 Å². The third-order valence-corrected chi connectivity index (χ3v) is 10.3. The molecular formula is C17H27NO2Si. The van der Waals surface area contributed by atoms with E-state index >= 15 is 0 Å². The molecule has 0 radical (unpaired) electrons. The van der Waals surface area contributed by atoms with Gasteiger partial charge >= 0.3 is 0 Å². The number of methoxy groups -OCH3 is 1. The average Bonchev–Trinajstić information content (AvgIpc) is 2.54. The number of nitrogens with zero attached hydrogens (tertiary/aromatic N) is 1. The van der Waals surface area contributed by atoms with Gasteiger partial charge in [-0.05, 0) is 29.5 Å². The molecular weight excluding hydrogens is 278 g/mol. The average molecular weight is 305 g/mol. The van der Waals surface area contributed by atoms with Crippen molar-refractivity contribution in [2.45, 2.75) is 58.2 Å². The number of carbonyl (C=O) groups is 1. The summed E-state index contributed by atoms with van der Waals surface area (Å²) in [6.07, 6.45) is 2.54. The van der Waals surface area contributed by atoms with Gasteiger partial charge in [0.25, 0.3) is 0 Å². The standard InChI is InChI=1S/C17H27NO2Si/c1-17(2,3)21(5,6)18-15-12-14(20-4)11-10-13(15)8-7-9-16(18)19/h10-12H,7-9H2,1-6H3. The Balaban J connectivity index is 2.61. The van der Waals surface area contributed by atoms with Gasteiger partial charge in [0.15, 0.2) is 8.24 Å². The first-order valence-corrected chi connectivity index (χ1v) is 10.6. The third kappa shape index (κ3) is 2.86. The molecule has 1 aliphatic rings. The maximum Gasteiger partial charge on any atom is 0.219 e. The molecule has 21 heavy (non-hydrogen) atoms. The van der Waals surface area contributed by atoms with E-state index in [-0.39, 0.29) is 10.9 Å². The first-order chi connectivity index (χ1) is 9.68. The van der Waals surface area contributed by atoms with E-state index in [1.165, 1.54) is 5.56 Å². The van der Waals surface area contributed by atoms with E-state index in [9.17, 15) is 4.79 Å². The van der Waals surface area contributed by atoms with Gasteiger partial charge < -0.3 is 9.30 Å². The van der Waals surface area contributed by atoms with Gasteiger partial charge in [-0.1, -0.05) is 39.9 Å². The first-order valence-electron chi connectivity index (χ1n) is 7.68. The fourth-order valence-electron chi connectivity index (χ4n) is 2.71. The van der Waals surface area contributed by atoms with Crippen LogP contribution in [0.15, 0.2) is 18.2 Å². The predicted octanol–water partition coefficient (Wildman–Crippen LogP) is 4.37. The number of carbonyl (C=O) groups excluding carboxylic acids is 1. The molecule has 116 valence electrons. The van der Waals surface area contributed by atoms with E-state index in [2.05, 4.69) is 44.5 Å². The van der Waals surface area contributed by atoms with Crippen molar-refractivity contribution in [2.24, 2.45) is 0 Å².